The first-order valence-corrected chi connectivity index (χ1v) is 11.3. The van der Waals surface area contributed by atoms with Gasteiger partial charge in [-0.3, -0.25) is 4.79 Å². The Morgan fingerprint density at radius 3 is 1.84 bits per heavy atom. The van der Waals surface area contributed by atoms with Gasteiger partial charge in [-0.1, -0.05) is 60.7 Å². The van der Waals surface area contributed by atoms with Crippen LogP contribution in [-0.2, 0) is 37.0 Å². The van der Waals surface area contributed by atoms with Crippen molar-refractivity contribution in [2.75, 3.05) is 19.8 Å². The van der Waals surface area contributed by atoms with Crippen molar-refractivity contribution < 1.29 is 23.7 Å². The van der Waals surface area contributed by atoms with Crippen molar-refractivity contribution in [2.24, 2.45) is 5.92 Å². The van der Waals surface area contributed by atoms with Crippen LogP contribution in [0.5, 0.6) is 0 Å². The smallest absolute Gasteiger partial charge is 0.308 e. The number of hydrogen-bond acceptors (Lipinski definition) is 5. The highest BCUT2D eigenvalue weighted by Crippen LogP contribution is 2.28. The normalized spacial score (nSPS) is 18.8. The summed E-state index contributed by atoms with van der Waals surface area (Å²) in [4.78, 5) is 12.0. The van der Waals surface area contributed by atoms with E-state index in [9.17, 15) is 4.79 Å². The summed E-state index contributed by atoms with van der Waals surface area (Å²) in [6.07, 6.45) is 3.32. The molecule has 0 unspecified atom stereocenters. The maximum Gasteiger partial charge on any atom is 0.308 e. The average Bonchev–Trinajstić information content (AvgIpc) is 2.81. The molecule has 1 aliphatic rings. The fraction of sp³-hybridized carbons (Fsp3) is 0.500. The zero-order valence-corrected chi connectivity index (χ0v) is 18.4. The van der Waals surface area contributed by atoms with Gasteiger partial charge in [-0.15, -0.1) is 0 Å². The van der Waals surface area contributed by atoms with Crippen LogP contribution in [0, 0.1) is 5.92 Å². The topological polar surface area (TPSA) is 54.0 Å². The molecule has 0 spiro atoms. The first-order chi connectivity index (χ1) is 15.2. The van der Waals surface area contributed by atoms with Gasteiger partial charge in [0.2, 0.25) is 0 Å². The largest absolute Gasteiger partial charge is 0.466 e. The van der Waals surface area contributed by atoms with E-state index in [0.717, 1.165) is 36.8 Å². The molecule has 0 aromatic heterocycles. The second kappa shape index (κ2) is 13.3. The van der Waals surface area contributed by atoms with Crippen LogP contribution >= 0.6 is 0 Å². The number of hydrogen-bond donors (Lipinski definition) is 0. The summed E-state index contributed by atoms with van der Waals surface area (Å²) in [7, 11) is 0. The van der Waals surface area contributed by atoms with E-state index in [4.69, 9.17) is 18.9 Å². The molecule has 0 amide bonds. The van der Waals surface area contributed by atoms with Crippen LogP contribution in [0.1, 0.15) is 43.7 Å². The molecule has 5 nitrogen and oxygen atoms in total. The van der Waals surface area contributed by atoms with Crippen LogP contribution < -0.4 is 0 Å². The third kappa shape index (κ3) is 8.44. The van der Waals surface area contributed by atoms with E-state index in [1.807, 2.05) is 43.3 Å². The minimum absolute atomic E-state index is 0.00177. The van der Waals surface area contributed by atoms with Crippen LogP contribution in [0.3, 0.4) is 0 Å². The minimum Gasteiger partial charge on any atom is -0.466 e. The molecule has 2 aromatic rings. The number of esters is 1. The molecule has 3 rings (SSSR count). The summed E-state index contributed by atoms with van der Waals surface area (Å²) in [5.74, 6) is -0.0724. The molecule has 0 aliphatic heterocycles. The Balaban J connectivity index is 1.46. The second-order valence-corrected chi connectivity index (χ2v) is 7.99. The number of rotatable bonds is 12. The molecule has 1 fully saturated rings. The van der Waals surface area contributed by atoms with Crippen molar-refractivity contribution in [3.8, 4) is 0 Å². The Hall–Kier alpha value is -2.21. The molecule has 0 bridgehead atoms. The molecule has 5 heteroatoms. The maximum absolute atomic E-state index is 12.0. The third-order valence-corrected chi connectivity index (χ3v) is 5.51. The van der Waals surface area contributed by atoms with E-state index in [0.29, 0.717) is 33.0 Å². The molecule has 1 aliphatic carbocycles. The number of ether oxygens (including phenoxy) is 4. The molecular weight excluding hydrogens is 392 g/mol. The monoisotopic (exact) mass is 426 g/mol. The van der Waals surface area contributed by atoms with Gasteiger partial charge in [0.25, 0.3) is 0 Å². The molecule has 0 N–H and O–H groups in total. The van der Waals surface area contributed by atoms with Gasteiger partial charge in [0, 0.05) is 0 Å². The summed E-state index contributed by atoms with van der Waals surface area (Å²) in [6, 6.07) is 20.3. The fourth-order valence-electron chi connectivity index (χ4n) is 3.86. The molecular formula is C26H34O5. The van der Waals surface area contributed by atoms with Crippen molar-refractivity contribution >= 4 is 5.97 Å². The summed E-state index contributed by atoms with van der Waals surface area (Å²) in [5, 5.41) is 0. The Bertz CT molecular complexity index is 695. The third-order valence-electron chi connectivity index (χ3n) is 5.51. The first kappa shape index (κ1) is 23.5. The van der Waals surface area contributed by atoms with E-state index in [1.165, 1.54) is 0 Å². The van der Waals surface area contributed by atoms with Gasteiger partial charge in [-0.05, 0) is 43.7 Å². The van der Waals surface area contributed by atoms with Crippen molar-refractivity contribution in [2.45, 2.75) is 58.0 Å². The molecule has 0 radical (unpaired) electrons. The Labute approximate surface area is 185 Å². The highest BCUT2D eigenvalue weighted by atomic mass is 16.6. The molecule has 2 aromatic carbocycles. The zero-order chi connectivity index (χ0) is 21.7. The predicted molar refractivity (Wildman–Crippen MR) is 119 cm³/mol. The SMILES string of the molecule is CCOC(=O)C1CCC(OC(COCc2ccccc2)COCc2ccccc2)CC1. The molecule has 0 heterocycles. The van der Waals surface area contributed by atoms with Crippen LogP contribution in [0.4, 0.5) is 0 Å². The van der Waals surface area contributed by atoms with E-state index >= 15 is 0 Å². The summed E-state index contributed by atoms with van der Waals surface area (Å²) in [5.41, 5.74) is 2.28. The summed E-state index contributed by atoms with van der Waals surface area (Å²) >= 11 is 0. The molecule has 31 heavy (non-hydrogen) atoms. The quantitative estimate of drug-likeness (QED) is 0.451. The average molecular weight is 427 g/mol. The minimum atomic E-state index is -0.142. The van der Waals surface area contributed by atoms with Gasteiger partial charge in [0.1, 0.15) is 6.10 Å². The van der Waals surface area contributed by atoms with Gasteiger partial charge in [-0.25, -0.2) is 0 Å². The van der Waals surface area contributed by atoms with Crippen molar-refractivity contribution in [1.82, 2.24) is 0 Å². The molecule has 0 saturated heterocycles. The molecule has 1 saturated carbocycles. The van der Waals surface area contributed by atoms with Gasteiger partial charge in [0.15, 0.2) is 0 Å². The van der Waals surface area contributed by atoms with Gasteiger partial charge in [0.05, 0.1) is 45.1 Å². The van der Waals surface area contributed by atoms with Crippen molar-refractivity contribution in [1.29, 1.82) is 0 Å². The van der Waals surface area contributed by atoms with E-state index < -0.39 is 0 Å². The van der Waals surface area contributed by atoms with Crippen LogP contribution in [0.15, 0.2) is 60.7 Å². The molecule has 0 atom stereocenters. The first-order valence-electron chi connectivity index (χ1n) is 11.3. The summed E-state index contributed by atoms with van der Waals surface area (Å²) < 4.78 is 23.4. The Morgan fingerprint density at radius 1 is 0.839 bits per heavy atom. The van der Waals surface area contributed by atoms with Gasteiger partial charge in [-0.2, -0.15) is 0 Å². The van der Waals surface area contributed by atoms with Crippen LogP contribution in [0.25, 0.3) is 0 Å². The lowest BCUT2D eigenvalue weighted by Gasteiger charge is -2.30. The zero-order valence-electron chi connectivity index (χ0n) is 18.4. The standard InChI is InChI=1S/C26H34O5/c1-2-30-26(27)23-13-15-24(16-14-23)31-25(19-28-17-21-9-5-3-6-10-21)20-29-18-22-11-7-4-8-12-22/h3-12,23-25H,2,13-20H2,1H3. The maximum atomic E-state index is 12.0. The van der Waals surface area contributed by atoms with Crippen LogP contribution in [-0.4, -0.2) is 38.0 Å². The van der Waals surface area contributed by atoms with Gasteiger partial charge < -0.3 is 18.9 Å². The number of benzene rings is 2. The fourth-order valence-corrected chi connectivity index (χ4v) is 3.86. The highest BCUT2D eigenvalue weighted by Gasteiger charge is 2.29. The highest BCUT2D eigenvalue weighted by molar-refractivity contribution is 5.72. The summed E-state index contributed by atoms with van der Waals surface area (Å²) in [6.45, 7) is 4.34. The van der Waals surface area contributed by atoms with Crippen LogP contribution in [0.2, 0.25) is 0 Å². The van der Waals surface area contributed by atoms with Crippen molar-refractivity contribution in [3.05, 3.63) is 71.8 Å². The van der Waals surface area contributed by atoms with E-state index in [2.05, 4.69) is 24.3 Å². The lowest BCUT2D eigenvalue weighted by atomic mass is 9.87. The Morgan fingerprint density at radius 2 is 1.35 bits per heavy atom. The predicted octanol–water partition coefficient (Wildman–Crippen LogP) is 4.93. The lowest BCUT2D eigenvalue weighted by Crippen LogP contribution is -2.34. The number of carbonyl (C=O) groups is 1. The number of carbonyl (C=O) groups excluding carboxylic acids is 1. The second-order valence-electron chi connectivity index (χ2n) is 7.99. The van der Waals surface area contributed by atoms with Crippen molar-refractivity contribution in [3.63, 3.8) is 0 Å². The molecule has 168 valence electrons. The van der Waals surface area contributed by atoms with E-state index in [1.54, 1.807) is 0 Å². The lowest BCUT2D eigenvalue weighted by molar-refractivity contribution is -0.151. The Kier molecular flexibility index (Phi) is 10.0. The van der Waals surface area contributed by atoms with E-state index in [-0.39, 0.29) is 24.1 Å². The van der Waals surface area contributed by atoms with Gasteiger partial charge >= 0.3 is 5.97 Å².